The van der Waals surface area contributed by atoms with Gasteiger partial charge < -0.3 is 10.2 Å². The molecule has 0 aliphatic heterocycles. The van der Waals surface area contributed by atoms with Crippen LogP contribution in [-0.2, 0) is 6.42 Å². The number of hydrogen-bond acceptors (Lipinski definition) is 3. The second-order valence-corrected chi connectivity index (χ2v) is 4.80. The van der Waals surface area contributed by atoms with E-state index in [0.29, 0.717) is 17.6 Å². The van der Waals surface area contributed by atoms with Crippen LogP contribution in [0, 0.1) is 0 Å². The zero-order valence-electron chi connectivity index (χ0n) is 12.3. The standard InChI is InChI=1S/C11H16O.C7H6O2/c1-2-3-4-5-10-6-8-11(12)9-7-10;8-5-6-3-1-2-4-7(6)9/h6-9,12H,2-5H2,1H3;1-5,9H. The fraction of sp³-hybridized carbons (Fsp3) is 0.278. The second-order valence-electron chi connectivity index (χ2n) is 4.80. The third-order valence-corrected chi connectivity index (χ3v) is 3.07. The first-order valence-corrected chi connectivity index (χ1v) is 7.18. The fourth-order valence-electron chi connectivity index (χ4n) is 1.83. The number of benzene rings is 2. The Hall–Kier alpha value is -2.29. The van der Waals surface area contributed by atoms with Gasteiger partial charge in [0.15, 0.2) is 6.29 Å². The summed E-state index contributed by atoms with van der Waals surface area (Å²) < 4.78 is 0. The Kier molecular flexibility index (Phi) is 7.65. The lowest BCUT2D eigenvalue weighted by Crippen LogP contribution is -1.83. The zero-order valence-corrected chi connectivity index (χ0v) is 12.3. The lowest BCUT2D eigenvalue weighted by atomic mass is 10.1. The zero-order chi connectivity index (χ0) is 15.5. The molecule has 0 heterocycles. The number of carbonyl (C=O) groups is 1. The number of aldehydes is 1. The molecular formula is C18H22O3. The molecule has 3 nitrogen and oxygen atoms in total. The van der Waals surface area contributed by atoms with E-state index in [-0.39, 0.29) is 5.75 Å². The van der Waals surface area contributed by atoms with Crippen molar-refractivity contribution >= 4 is 6.29 Å². The predicted molar refractivity (Wildman–Crippen MR) is 84.8 cm³/mol. The first-order chi connectivity index (χ1) is 10.2. The first-order valence-electron chi connectivity index (χ1n) is 7.18. The number of rotatable bonds is 5. The summed E-state index contributed by atoms with van der Waals surface area (Å²) >= 11 is 0. The second kappa shape index (κ2) is 9.59. The molecule has 0 aliphatic rings. The number of phenolic OH excluding ortho intramolecular Hbond substituents is 2. The quantitative estimate of drug-likeness (QED) is 0.635. The van der Waals surface area contributed by atoms with Gasteiger partial charge in [-0.2, -0.15) is 0 Å². The molecule has 2 rings (SSSR count). The predicted octanol–water partition coefficient (Wildman–Crippen LogP) is 4.33. The van der Waals surface area contributed by atoms with E-state index < -0.39 is 0 Å². The van der Waals surface area contributed by atoms with Gasteiger partial charge in [-0.1, -0.05) is 44.0 Å². The Morgan fingerprint density at radius 2 is 1.62 bits per heavy atom. The molecule has 0 amide bonds. The third-order valence-electron chi connectivity index (χ3n) is 3.07. The molecule has 2 aromatic carbocycles. The maximum absolute atomic E-state index is 10.1. The van der Waals surface area contributed by atoms with Crippen LogP contribution in [0.25, 0.3) is 0 Å². The van der Waals surface area contributed by atoms with E-state index in [1.165, 1.54) is 30.9 Å². The number of phenols is 2. The Balaban J connectivity index is 0.000000219. The lowest BCUT2D eigenvalue weighted by Gasteiger charge is -1.99. The van der Waals surface area contributed by atoms with E-state index in [2.05, 4.69) is 6.92 Å². The Labute approximate surface area is 125 Å². The van der Waals surface area contributed by atoms with Gasteiger partial charge in [-0.3, -0.25) is 4.79 Å². The van der Waals surface area contributed by atoms with E-state index >= 15 is 0 Å². The van der Waals surface area contributed by atoms with Crippen molar-refractivity contribution in [3.05, 3.63) is 59.7 Å². The van der Waals surface area contributed by atoms with Gasteiger partial charge in [0.2, 0.25) is 0 Å². The number of hydrogen-bond donors (Lipinski definition) is 2. The number of aromatic hydroxyl groups is 2. The van der Waals surface area contributed by atoms with Crippen LogP contribution in [0.3, 0.4) is 0 Å². The normalized spacial score (nSPS) is 9.57. The summed E-state index contributed by atoms with van der Waals surface area (Å²) in [4.78, 5) is 10.1. The van der Waals surface area contributed by atoms with Crippen molar-refractivity contribution < 1.29 is 15.0 Å². The van der Waals surface area contributed by atoms with Crippen molar-refractivity contribution in [2.75, 3.05) is 0 Å². The van der Waals surface area contributed by atoms with E-state index in [9.17, 15) is 4.79 Å². The smallest absolute Gasteiger partial charge is 0.153 e. The summed E-state index contributed by atoms with van der Waals surface area (Å²) in [6, 6.07) is 13.9. The van der Waals surface area contributed by atoms with Crippen LogP contribution in [0.15, 0.2) is 48.5 Å². The van der Waals surface area contributed by atoms with Crippen LogP contribution >= 0.6 is 0 Å². The lowest BCUT2D eigenvalue weighted by molar-refractivity contribution is 0.112. The molecule has 0 unspecified atom stereocenters. The molecule has 2 aromatic rings. The van der Waals surface area contributed by atoms with E-state index in [1.54, 1.807) is 30.3 Å². The van der Waals surface area contributed by atoms with Crippen molar-refractivity contribution in [3.8, 4) is 11.5 Å². The van der Waals surface area contributed by atoms with Gasteiger partial charge in [0.05, 0.1) is 5.56 Å². The van der Waals surface area contributed by atoms with E-state index in [0.717, 1.165) is 6.42 Å². The minimum absolute atomic E-state index is 0.0347. The van der Waals surface area contributed by atoms with Crippen LogP contribution in [0.5, 0.6) is 11.5 Å². The molecule has 3 heteroatoms. The van der Waals surface area contributed by atoms with Crippen LogP contribution in [0.4, 0.5) is 0 Å². The van der Waals surface area contributed by atoms with E-state index in [4.69, 9.17) is 10.2 Å². The molecule has 0 fully saturated rings. The van der Waals surface area contributed by atoms with Crippen LogP contribution in [0.2, 0.25) is 0 Å². The maximum Gasteiger partial charge on any atom is 0.153 e. The number of carbonyl (C=O) groups excluding carboxylic acids is 1. The molecule has 0 aromatic heterocycles. The van der Waals surface area contributed by atoms with Crippen molar-refractivity contribution in [2.24, 2.45) is 0 Å². The molecule has 0 bridgehead atoms. The molecule has 0 radical (unpaired) electrons. The van der Waals surface area contributed by atoms with Crippen molar-refractivity contribution in [1.82, 2.24) is 0 Å². The first kappa shape index (κ1) is 16.8. The summed E-state index contributed by atoms with van der Waals surface area (Å²) in [7, 11) is 0. The van der Waals surface area contributed by atoms with Crippen molar-refractivity contribution in [1.29, 1.82) is 0 Å². The molecule has 2 N–H and O–H groups in total. The van der Waals surface area contributed by atoms with E-state index in [1.807, 2.05) is 12.1 Å². The summed E-state index contributed by atoms with van der Waals surface area (Å²) in [5, 5.41) is 17.9. The summed E-state index contributed by atoms with van der Waals surface area (Å²) in [6.07, 6.45) is 5.56. The molecule has 21 heavy (non-hydrogen) atoms. The molecule has 0 spiro atoms. The number of para-hydroxylation sites is 1. The van der Waals surface area contributed by atoms with Gasteiger partial charge in [-0.15, -0.1) is 0 Å². The van der Waals surface area contributed by atoms with Crippen LogP contribution in [0.1, 0.15) is 42.1 Å². The van der Waals surface area contributed by atoms with Gasteiger partial charge in [-0.25, -0.2) is 0 Å². The SMILES string of the molecule is CCCCCc1ccc(O)cc1.O=Cc1ccccc1O. The molecule has 0 saturated heterocycles. The monoisotopic (exact) mass is 286 g/mol. The minimum Gasteiger partial charge on any atom is -0.508 e. The molecule has 0 atom stereocenters. The summed E-state index contributed by atoms with van der Waals surface area (Å²) in [5.74, 6) is 0.391. The minimum atomic E-state index is 0.0347. The average molecular weight is 286 g/mol. The van der Waals surface area contributed by atoms with Crippen LogP contribution in [-0.4, -0.2) is 16.5 Å². The van der Waals surface area contributed by atoms with Crippen molar-refractivity contribution in [3.63, 3.8) is 0 Å². The third kappa shape index (κ3) is 6.61. The van der Waals surface area contributed by atoms with Gasteiger partial charge in [0.25, 0.3) is 0 Å². The van der Waals surface area contributed by atoms with Crippen LogP contribution < -0.4 is 0 Å². The Bertz CT molecular complexity index is 532. The highest BCUT2D eigenvalue weighted by atomic mass is 16.3. The Morgan fingerprint density at radius 1 is 0.952 bits per heavy atom. The van der Waals surface area contributed by atoms with Gasteiger partial charge in [0.1, 0.15) is 11.5 Å². The number of unbranched alkanes of at least 4 members (excludes halogenated alkanes) is 2. The maximum atomic E-state index is 10.1. The topological polar surface area (TPSA) is 57.5 Å². The average Bonchev–Trinajstić information content (AvgIpc) is 2.51. The Morgan fingerprint density at radius 3 is 2.14 bits per heavy atom. The molecule has 112 valence electrons. The summed E-state index contributed by atoms with van der Waals surface area (Å²) in [6.45, 7) is 2.21. The fourth-order valence-corrected chi connectivity index (χ4v) is 1.83. The highest BCUT2D eigenvalue weighted by molar-refractivity contribution is 5.78. The van der Waals surface area contributed by atoms with Gasteiger partial charge >= 0.3 is 0 Å². The number of aryl methyl sites for hydroxylation is 1. The highest BCUT2D eigenvalue weighted by Gasteiger charge is 1.93. The molecular weight excluding hydrogens is 264 g/mol. The highest BCUT2D eigenvalue weighted by Crippen LogP contribution is 2.12. The van der Waals surface area contributed by atoms with Gasteiger partial charge in [0, 0.05) is 0 Å². The largest absolute Gasteiger partial charge is 0.508 e. The molecule has 0 saturated carbocycles. The van der Waals surface area contributed by atoms with Gasteiger partial charge in [-0.05, 0) is 42.7 Å². The summed E-state index contributed by atoms with van der Waals surface area (Å²) in [5.41, 5.74) is 1.65. The molecule has 0 aliphatic carbocycles. The van der Waals surface area contributed by atoms with Crippen molar-refractivity contribution in [2.45, 2.75) is 32.6 Å².